The van der Waals surface area contributed by atoms with Crippen molar-refractivity contribution >= 4 is 5.91 Å². The molecule has 2 atom stereocenters. The zero-order chi connectivity index (χ0) is 20.0. The van der Waals surface area contributed by atoms with E-state index in [1.165, 1.54) is 0 Å². The van der Waals surface area contributed by atoms with E-state index in [0.29, 0.717) is 39.3 Å². The molecule has 7 nitrogen and oxygen atoms in total. The molecule has 1 heterocycles. The predicted octanol–water partition coefficient (Wildman–Crippen LogP) is 2.58. The van der Waals surface area contributed by atoms with Crippen LogP contribution in [0.3, 0.4) is 0 Å². The Labute approximate surface area is 167 Å². The van der Waals surface area contributed by atoms with Gasteiger partial charge in [-0.05, 0) is 24.8 Å². The van der Waals surface area contributed by atoms with Gasteiger partial charge in [-0.1, -0.05) is 30.3 Å². The van der Waals surface area contributed by atoms with Crippen LogP contribution in [0.4, 0.5) is 0 Å². The topological polar surface area (TPSA) is 66.5 Å². The summed E-state index contributed by atoms with van der Waals surface area (Å²) in [5, 5.41) is 0. The van der Waals surface area contributed by atoms with E-state index in [1.54, 1.807) is 14.2 Å². The number of rotatable bonds is 14. The Kier molecular flexibility index (Phi) is 11.1. The molecule has 0 bridgehead atoms. The highest BCUT2D eigenvalue weighted by Gasteiger charge is 2.36. The second-order valence-electron chi connectivity index (χ2n) is 6.88. The molecule has 2 rings (SSSR count). The van der Waals surface area contributed by atoms with Crippen molar-refractivity contribution in [2.45, 2.75) is 44.4 Å². The van der Waals surface area contributed by atoms with Crippen molar-refractivity contribution < 1.29 is 28.5 Å². The number of likely N-dealkylation sites (tertiary alicyclic amines) is 1. The van der Waals surface area contributed by atoms with Gasteiger partial charge in [-0.2, -0.15) is 0 Å². The molecule has 158 valence electrons. The van der Waals surface area contributed by atoms with Gasteiger partial charge in [-0.15, -0.1) is 0 Å². The molecule has 0 saturated carbocycles. The van der Waals surface area contributed by atoms with E-state index in [1.807, 2.05) is 35.2 Å². The molecule has 1 aliphatic rings. The molecular weight excluding hydrogens is 362 g/mol. The Morgan fingerprint density at radius 3 is 2.14 bits per heavy atom. The fraction of sp³-hybridized carbons (Fsp3) is 0.667. The van der Waals surface area contributed by atoms with Crippen LogP contribution < -0.4 is 0 Å². The number of methoxy groups -OCH3 is 2. The molecule has 28 heavy (non-hydrogen) atoms. The van der Waals surface area contributed by atoms with E-state index in [2.05, 4.69) is 0 Å². The van der Waals surface area contributed by atoms with Crippen LogP contribution in [0, 0.1) is 0 Å². The summed E-state index contributed by atoms with van der Waals surface area (Å²) in [5.41, 5.74) is 1.14. The number of nitrogens with zero attached hydrogens (tertiary/aromatic N) is 1. The predicted molar refractivity (Wildman–Crippen MR) is 105 cm³/mol. The number of benzene rings is 1. The van der Waals surface area contributed by atoms with Gasteiger partial charge in [-0.3, -0.25) is 4.79 Å². The van der Waals surface area contributed by atoms with Crippen LogP contribution in [0.5, 0.6) is 0 Å². The Morgan fingerprint density at radius 1 is 0.964 bits per heavy atom. The summed E-state index contributed by atoms with van der Waals surface area (Å²) in [4.78, 5) is 14.8. The van der Waals surface area contributed by atoms with Gasteiger partial charge >= 0.3 is 0 Å². The summed E-state index contributed by atoms with van der Waals surface area (Å²) in [5.74, 6) is 0.123. The third-order valence-corrected chi connectivity index (χ3v) is 4.72. The fourth-order valence-corrected chi connectivity index (χ4v) is 3.45. The first-order valence-corrected chi connectivity index (χ1v) is 9.82. The van der Waals surface area contributed by atoms with Gasteiger partial charge < -0.3 is 28.6 Å². The first-order chi connectivity index (χ1) is 13.8. The maximum Gasteiger partial charge on any atom is 0.223 e. The molecule has 1 aromatic rings. The Bertz CT molecular complexity index is 523. The highest BCUT2D eigenvalue weighted by atomic mass is 16.7. The lowest BCUT2D eigenvalue weighted by atomic mass is 10.2. The van der Waals surface area contributed by atoms with Crippen molar-refractivity contribution in [3.05, 3.63) is 35.9 Å². The van der Waals surface area contributed by atoms with Gasteiger partial charge in [0.05, 0.1) is 31.9 Å². The molecule has 1 saturated heterocycles. The molecule has 0 unspecified atom stereocenters. The summed E-state index contributed by atoms with van der Waals surface area (Å²) < 4.78 is 26.6. The van der Waals surface area contributed by atoms with Gasteiger partial charge in [0.2, 0.25) is 5.91 Å². The quantitative estimate of drug-likeness (QED) is 0.356. The molecule has 0 aromatic heterocycles. The SMILES string of the molecule is COCOC[C@@H]1CC[C@@H](COCOC)N1C(=O)CCCOCc1ccccc1. The summed E-state index contributed by atoms with van der Waals surface area (Å²) in [6.07, 6.45) is 2.96. The van der Waals surface area contributed by atoms with Crippen molar-refractivity contribution in [2.75, 3.05) is 47.6 Å². The number of hydrogen-bond acceptors (Lipinski definition) is 6. The lowest BCUT2D eigenvalue weighted by molar-refractivity contribution is -0.139. The molecule has 0 aliphatic carbocycles. The number of hydrogen-bond donors (Lipinski definition) is 0. The number of amides is 1. The number of carbonyl (C=O) groups is 1. The lowest BCUT2D eigenvalue weighted by Gasteiger charge is -2.30. The van der Waals surface area contributed by atoms with Crippen LogP contribution in [-0.4, -0.2) is 70.5 Å². The Balaban J connectivity index is 1.76. The van der Waals surface area contributed by atoms with Gasteiger partial charge in [0.1, 0.15) is 13.6 Å². The maximum atomic E-state index is 12.9. The third-order valence-electron chi connectivity index (χ3n) is 4.72. The summed E-state index contributed by atoms with van der Waals surface area (Å²) in [6.45, 7) is 2.55. The van der Waals surface area contributed by atoms with Crippen LogP contribution in [-0.2, 0) is 35.1 Å². The zero-order valence-electron chi connectivity index (χ0n) is 17.0. The maximum absolute atomic E-state index is 12.9. The minimum absolute atomic E-state index is 0.0593. The first kappa shape index (κ1) is 22.8. The standard InChI is InChI=1S/C21H33NO6/c1-24-16-27-14-19-10-11-20(15-28-17-25-2)22(19)21(23)9-6-12-26-13-18-7-4-3-5-8-18/h3-5,7-8,19-20H,6,9-17H2,1-2H3/t19-,20-/m0/s1. The minimum Gasteiger partial charge on any atom is -0.377 e. The summed E-state index contributed by atoms with van der Waals surface area (Å²) in [7, 11) is 3.18. The van der Waals surface area contributed by atoms with E-state index in [-0.39, 0.29) is 31.6 Å². The lowest BCUT2D eigenvalue weighted by Crippen LogP contribution is -2.45. The largest absolute Gasteiger partial charge is 0.377 e. The molecule has 0 spiro atoms. The van der Waals surface area contributed by atoms with E-state index in [4.69, 9.17) is 23.7 Å². The minimum atomic E-state index is 0.0593. The van der Waals surface area contributed by atoms with Crippen LogP contribution >= 0.6 is 0 Å². The van der Waals surface area contributed by atoms with E-state index in [9.17, 15) is 4.79 Å². The summed E-state index contributed by atoms with van der Waals surface area (Å²) in [6, 6.07) is 10.2. The van der Waals surface area contributed by atoms with Crippen LogP contribution in [0.25, 0.3) is 0 Å². The molecule has 0 radical (unpaired) electrons. The average Bonchev–Trinajstić information content (AvgIpc) is 3.11. The Morgan fingerprint density at radius 2 is 1.57 bits per heavy atom. The van der Waals surface area contributed by atoms with Gasteiger partial charge in [0.25, 0.3) is 0 Å². The van der Waals surface area contributed by atoms with Crippen molar-refractivity contribution in [2.24, 2.45) is 0 Å². The van der Waals surface area contributed by atoms with Gasteiger partial charge in [0, 0.05) is 27.2 Å². The second-order valence-corrected chi connectivity index (χ2v) is 6.88. The smallest absolute Gasteiger partial charge is 0.223 e. The molecule has 1 aliphatic heterocycles. The number of ether oxygens (including phenoxy) is 5. The van der Waals surface area contributed by atoms with E-state index < -0.39 is 0 Å². The molecule has 1 aromatic carbocycles. The third kappa shape index (κ3) is 7.85. The van der Waals surface area contributed by atoms with Gasteiger partial charge in [-0.25, -0.2) is 0 Å². The van der Waals surface area contributed by atoms with Gasteiger partial charge in [0.15, 0.2) is 0 Å². The van der Waals surface area contributed by atoms with Crippen LogP contribution in [0.15, 0.2) is 30.3 Å². The van der Waals surface area contributed by atoms with Crippen molar-refractivity contribution in [3.8, 4) is 0 Å². The highest BCUT2D eigenvalue weighted by molar-refractivity contribution is 5.77. The molecule has 1 fully saturated rings. The normalized spacial score (nSPS) is 19.3. The molecule has 7 heteroatoms. The van der Waals surface area contributed by atoms with E-state index in [0.717, 1.165) is 18.4 Å². The van der Waals surface area contributed by atoms with E-state index >= 15 is 0 Å². The van der Waals surface area contributed by atoms with Crippen molar-refractivity contribution in [1.29, 1.82) is 0 Å². The van der Waals surface area contributed by atoms with Crippen LogP contribution in [0.1, 0.15) is 31.2 Å². The summed E-state index contributed by atoms with van der Waals surface area (Å²) >= 11 is 0. The van der Waals surface area contributed by atoms with Crippen LogP contribution in [0.2, 0.25) is 0 Å². The van der Waals surface area contributed by atoms with Crippen molar-refractivity contribution in [1.82, 2.24) is 4.90 Å². The zero-order valence-corrected chi connectivity index (χ0v) is 17.0. The fourth-order valence-electron chi connectivity index (χ4n) is 3.45. The molecular formula is C21H33NO6. The molecule has 1 amide bonds. The number of carbonyl (C=O) groups excluding carboxylic acids is 1. The highest BCUT2D eigenvalue weighted by Crippen LogP contribution is 2.26. The van der Waals surface area contributed by atoms with Crippen molar-refractivity contribution in [3.63, 3.8) is 0 Å². The monoisotopic (exact) mass is 395 g/mol. The second kappa shape index (κ2) is 13.6. The Hall–Kier alpha value is -1.51. The molecule has 0 N–H and O–H groups in total. The first-order valence-electron chi connectivity index (χ1n) is 9.82. The average molecular weight is 395 g/mol.